The molecule has 0 unspecified atom stereocenters. The lowest BCUT2D eigenvalue weighted by Gasteiger charge is -2.22. The minimum atomic E-state index is 0.101. The highest BCUT2D eigenvalue weighted by Crippen LogP contribution is 2.26. The van der Waals surface area contributed by atoms with Gasteiger partial charge in [0.2, 0.25) is 5.91 Å². The van der Waals surface area contributed by atoms with Crippen molar-refractivity contribution in [3.63, 3.8) is 0 Å². The van der Waals surface area contributed by atoms with Crippen molar-refractivity contribution in [2.75, 3.05) is 30.3 Å². The number of amides is 1. The van der Waals surface area contributed by atoms with E-state index in [4.69, 9.17) is 5.73 Å². The molecule has 2 heterocycles. The Kier molecular flexibility index (Phi) is 3.21. The molecule has 6 heteroatoms. The number of nitrogens with zero attached hydrogens (tertiary/aromatic N) is 3. The van der Waals surface area contributed by atoms with Gasteiger partial charge < -0.3 is 16.0 Å². The quantitative estimate of drug-likeness (QED) is 0.752. The lowest BCUT2D eigenvalue weighted by molar-refractivity contribution is -0.120. The Morgan fingerprint density at radius 3 is 2.88 bits per heavy atom. The maximum Gasteiger partial charge on any atom is 0.221 e. The molecule has 1 aliphatic heterocycles. The minimum absolute atomic E-state index is 0.101. The van der Waals surface area contributed by atoms with Crippen molar-refractivity contribution >= 4 is 17.4 Å². The summed E-state index contributed by atoms with van der Waals surface area (Å²) in [5, 5.41) is 7.25. The van der Waals surface area contributed by atoms with Gasteiger partial charge in [0, 0.05) is 33.1 Å². The Balaban J connectivity index is 2.26. The molecule has 6 nitrogen and oxygen atoms in total. The van der Waals surface area contributed by atoms with E-state index in [2.05, 4.69) is 15.3 Å². The predicted molar refractivity (Wildman–Crippen MR) is 66.8 cm³/mol. The maximum absolute atomic E-state index is 11.3. The average molecular weight is 237 g/mol. The SMILES string of the molecule is CCc1nn(C)c(N2CCNC(=O)CC2)c1N. The molecule has 0 radical (unpaired) electrons. The molecule has 17 heavy (non-hydrogen) atoms. The third-order valence-corrected chi connectivity index (χ3v) is 3.08. The Morgan fingerprint density at radius 2 is 2.24 bits per heavy atom. The van der Waals surface area contributed by atoms with Gasteiger partial charge in [-0.05, 0) is 6.42 Å². The fourth-order valence-corrected chi connectivity index (χ4v) is 2.20. The Morgan fingerprint density at radius 1 is 1.47 bits per heavy atom. The first-order chi connectivity index (χ1) is 8.13. The number of anilines is 2. The summed E-state index contributed by atoms with van der Waals surface area (Å²) in [5.74, 6) is 1.03. The number of aryl methyl sites for hydroxylation is 2. The molecule has 0 aromatic carbocycles. The number of carbonyl (C=O) groups is 1. The van der Waals surface area contributed by atoms with Crippen molar-refractivity contribution in [2.45, 2.75) is 19.8 Å². The highest BCUT2D eigenvalue weighted by Gasteiger charge is 2.21. The highest BCUT2D eigenvalue weighted by molar-refractivity contribution is 5.77. The van der Waals surface area contributed by atoms with Gasteiger partial charge in [0.25, 0.3) is 0 Å². The van der Waals surface area contributed by atoms with Crippen molar-refractivity contribution in [3.8, 4) is 0 Å². The minimum Gasteiger partial charge on any atom is -0.394 e. The molecule has 0 spiro atoms. The molecule has 0 aliphatic carbocycles. The van der Waals surface area contributed by atoms with Crippen LogP contribution < -0.4 is 16.0 Å². The average Bonchev–Trinajstić information content (AvgIpc) is 2.48. The Labute approximate surface area is 101 Å². The van der Waals surface area contributed by atoms with E-state index in [1.807, 2.05) is 18.7 Å². The van der Waals surface area contributed by atoms with E-state index in [-0.39, 0.29) is 5.91 Å². The van der Waals surface area contributed by atoms with Crippen LogP contribution in [0.5, 0.6) is 0 Å². The number of nitrogen functional groups attached to an aromatic ring is 1. The number of aromatic nitrogens is 2. The van der Waals surface area contributed by atoms with E-state index < -0.39 is 0 Å². The summed E-state index contributed by atoms with van der Waals surface area (Å²) in [6, 6.07) is 0. The Bertz CT molecular complexity index is 426. The van der Waals surface area contributed by atoms with Crippen LogP contribution in [0, 0.1) is 0 Å². The van der Waals surface area contributed by atoms with Crippen LogP contribution in [0.3, 0.4) is 0 Å². The number of nitrogens with one attached hydrogen (secondary N) is 1. The molecule has 1 aromatic rings. The first-order valence-corrected chi connectivity index (χ1v) is 5.96. The number of hydrogen-bond donors (Lipinski definition) is 2. The first-order valence-electron chi connectivity index (χ1n) is 5.96. The normalized spacial score (nSPS) is 16.8. The first kappa shape index (κ1) is 11.8. The van der Waals surface area contributed by atoms with Crippen molar-refractivity contribution < 1.29 is 4.79 Å². The van der Waals surface area contributed by atoms with Crippen LogP contribution in [-0.4, -0.2) is 35.3 Å². The summed E-state index contributed by atoms with van der Waals surface area (Å²) in [5.41, 5.74) is 7.76. The van der Waals surface area contributed by atoms with E-state index in [1.165, 1.54) is 0 Å². The van der Waals surface area contributed by atoms with Crippen LogP contribution in [0.4, 0.5) is 11.5 Å². The van der Waals surface area contributed by atoms with Crippen LogP contribution in [-0.2, 0) is 18.3 Å². The number of carbonyl (C=O) groups excluding carboxylic acids is 1. The summed E-state index contributed by atoms with van der Waals surface area (Å²) >= 11 is 0. The molecule has 1 aromatic heterocycles. The molecule has 1 saturated heterocycles. The van der Waals surface area contributed by atoms with Crippen molar-refractivity contribution in [1.82, 2.24) is 15.1 Å². The van der Waals surface area contributed by atoms with Gasteiger partial charge in [0.1, 0.15) is 5.82 Å². The van der Waals surface area contributed by atoms with E-state index in [0.717, 1.165) is 30.2 Å². The molecule has 3 N–H and O–H groups in total. The van der Waals surface area contributed by atoms with Gasteiger partial charge in [-0.15, -0.1) is 0 Å². The van der Waals surface area contributed by atoms with Gasteiger partial charge in [-0.25, -0.2) is 0 Å². The van der Waals surface area contributed by atoms with Crippen LogP contribution >= 0.6 is 0 Å². The third-order valence-electron chi connectivity index (χ3n) is 3.08. The summed E-state index contributed by atoms with van der Waals surface area (Å²) in [6.45, 7) is 4.16. The third kappa shape index (κ3) is 2.20. The van der Waals surface area contributed by atoms with Crippen LogP contribution in [0.1, 0.15) is 19.0 Å². The standard InChI is InChI=1S/C11H19N5O/c1-3-8-10(12)11(15(2)14-8)16-6-4-9(17)13-5-7-16/h3-7,12H2,1-2H3,(H,13,17). The lowest BCUT2D eigenvalue weighted by Crippen LogP contribution is -2.30. The molecule has 2 rings (SSSR count). The predicted octanol–water partition coefficient (Wildman–Crippen LogP) is -0.109. The van der Waals surface area contributed by atoms with Crippen molar-refractivity contribution in [1.29, 1.82) is 0 Å². The maximum atomic E-state index is 11.3. The van der Waals surface area contributed by atoms with E-state index >= 15 is 0 Å². The summed E-state index contributed by atoms with van der Waals surface area (Å²) in [7, 11) is 1.89. The largest absolute Gasteiger partial charge is 0.394 e. The van der Waals surface area contributed by atoms with Gasteiger partial charge in [-0.2, -0.15) is 5.10 Å². The second-order valence-electron chi connectivity index (χ2n) is 4.25. The zero-order chi connectivity index (χ0) is 12.4. The number of nitrogens with two attached hydrogens (primary N) is 1. The molecule has 0 atom stereocenters. The molecule has 0 saturated carbocycles. The van der Waals surface area contributed by atoms with Crippen molar-refractivity contribution in [3.05, 3.63) is 5.69 Å². The zero-order valence-electron chi connectivity index (χ0n) is 10.4. The summed E-state index contributed by atoms with van der Waals surface area (Å²) in [6.07, 6.45) is 1.33. The van der Waals surface area contributed by atoms with Crippen LogP contribution in [0.2, 0.25) is 0 Å². The molecule has 0 bridgehead atoms. The van der Waals surface area contributed by atoms with Crippen molar-refractivity contribution in [2.24, 2.45) is 7.05 Å². The molecular weight excluding hydrogens is 218 g/mol. The lowest BCUT2D eigenvalue weighted by atomic mass is 10.3. The molecule has 1 fully saturated rings. The van der Waals surface area contributed by atoms with Gasteiger partial charge in [0.05, 0.1) is 11.4 Å². The van der Waals surface area contributed by atoms with Crippen LogP contribution in [0.25, 0.3) is 0 Å². The van der Waals surface area contributed by atoms with Gasteiger partial charge in [-0.3, -0.25) is 9.48 Å². The highest BCUT2D eigenvalue weighted by atomic mass is 16.1. The molecule has 1 amide bonds. The fourth-order valence-electron chi connectivity index (χ4n) is 2.20. The molecule has 1 aliphatic rings. The Hall–Kier alpha value is -1.72. The second kappa shape index (κ2) is 4.65. The van der Waals surface area contributed by atoms with Gasteiger partial charge >= 0.3 is 0 Å². The van der Waals surface area contributed by atoms with E-state index in [9.17, 15) is 4.79 Å². The van der Waals surface area contributed by atoms with Crippen LogP contribution in [0.15, 0.2) is 0 Å². The van der Waals surface area contributed by atoms with Gasteiger partial charge in [0.15, 0.2) is 0 Å². The van der Waals surface area contributed by atoms with Gasteiger partial charge in [-0.1, -0.05) is 6.92 Å². The second-order valence-corrected chi connectivity index (χ2v) is 4.25. The van der Waals surface area contributed by atoms with E-state index in [1.54, 1.807) is 0 Å². The monoisotopic (exact) mass is 237 g/mol. The topological polar surface area (TPSA) is 76.2 Å². The summed E-state index contributed by atoms with van der Waals surface area (Å²) < 4.78 is 1.81. The number of hydrogen-bond acceptors (Lipinski definition) is 4. The molecule has 94 valence electrons. The van der Waals surface area contributed by atoms with E-state index in [0.29, 0.717) is 19.5 Å². The zero-order valence-corrected chi connectivity index (χ0v) is 10.4. The fraction of sp³-hybridized carbons (Fsp3) is 0.636. The molecular formula is C11H19N5O. The summed E-state index contributed by atoms with van der Waals surface area (Å²) in [4.78, 5) is 13.4. The smallest absolute Gasteiger partial charge is 0.221 e. The number of rotatable bonds is 2.